The summed E-state index contributed by atoms with van der Waals surface area (Å²) in [5.41, 5.74) is 0.904. The molecule has 2 rings (SSSR count). The van der Waals surface area contributed by atoms with Crippen molar-refractivity contribution in [3.63, 3.8) is 0 Å². The molecule has 0 unspecified atom stereocenters. The summed E-state index contributed by atoms with van der Waals surface area (Å²) in [6, 6.07) is 7.19. The molecule has 3 nitrogen and oxygen atoms in total. The van der Waals surface area contributed by atoms with Gasteiger partial charge in [0.1, 0.15) is 5.75 Å². The molecule has 0 aliphatic heterocycles. The van der Waals surface area contributed by atoms with Gasteiger partial charge in [-0.25, -0.2) is 0 Å². The van der Waals surface area contributed by atoms with E-state index in [4.69, 9.17) is 4.74 Å². The summed E-state index contributed by atoms with van der Waals surface area (Å²) < 4.78 is 5.53. The Labute approximate surface area is 88.7 Å². The topological polar surface area (TPSA) is 45.2 Å². The van der Waals surface area contributed by atoms with E-state index in [-0.39, 0.29) is 5.75 Å². The van der Waals surface area contributed by atoms with Crippen LogP contribution in [0.3, 0.4) is 0 Å². The Kier molecular flexibility index (Phi) is 2.81. The van der Waals surface area contributed by atoms with Gasteiger partial charge in [0.15, 0.2) is 5.88 Å². The van der Waals surface area contributed by atoms with E-state index in [2.05, 4.69) is 11.9 Å². The molecule has 0 atom stereocenters. The van der Waals surface area contributed by atoms with Crippen LogP contribution in [0.2, 0.25) is 0 Å². The van der Waals surface area contributed by atoms with Crippen LogP contribution in [-0.2, 0) is 0 Å². The Morgan fingerprint density at radius 3 is 3.00 bits per heavy atom. The zero-order valence-electron chi connectivity index (χ0n) is 8.79. The molecule has 80 valence electrons. The summed E-state index contributed by atoms with van der Waals surface area (Å²) in [4.78, 5) is 3.11. The summed E-state index contributed by atoms with van der Waals surface area (Å²) in [6.07, 6.45) is 2.18. The maximum Gasteiger partial charge on any atom is 0.191 e. The fourth-order valence-corrected chi connectivity index (χ4v) is 1.49. The van der Waals surface area contributed by atoms with E-state index in [0.29, 0.717) is 0 Å². The first kappa shape index (κ1) is 9.90. The van der Waals surface area contributed by atoms with Gasteiger partial charge in [0.05, 0.1) is 12.1 Å². The molecule has 2 aromatic rings. The Hall–Kier alpha value is -1.64. The molecule has 0 radical (unpaired) electrons. The smallest absolute Gasteiger partial charge is 0.191 e. The number of phenols is 1. The van der Waals surface area contributed by atoms with Crippen LogP contribution in [-0.4, -0.2) is 16.7 Å². The predicted molar refractivity (Wildman–Crippen MR) is 60.4 cm³/mol. The standard InChI is InChI=1S/C12H15NO2/c1-2-3-6-15-12-7-9-4-5-10(14)8-11(9)13-12/h4-5,7-8,13-14H,2-3,6H2,1H3. The first-order chi connectivity index (χ1) is 7.29. The van der Waals surface area contributed by atoms with Crippen LogP contribution in [0.4, 0.5) is 0 Å². The van der Waals surface area contributed by atoms with Crippen molar-refractivity contribution < 1.29 is 9.84 Å². The lowest BCUT2D eigenvalue weighted by Crippen LogP contribution is -1.95. The highest BCUT2D eigenvalue weighted by molar-refractivity contribution is 5.82. The van der Waals surface area contributed by atoms with Gasteiger partial charge in [0, 0.05) is 17.5 Å². The predicted octanol–water partition coefficient (Wildman–Crippen LogP) is 3.05. The zero-order valence-corrected chi connectivity index (χ0v) is 8.79. The van der Waals surface area contributed by atoms with E-state index in [1.54, 1.807) is 12.1 Å². The highest BCUT2D eigenvalue weighted by Gasteiger charge is 2.01. The minimum Gasteiger partial charge on any atom is -0.508 e. The van der Waals surface area contributed by atoms with Crippen molar-refractivity contribution >= 4 is 10.9 Å². The highest BCUT2D eigenvalue weighted by Crippen LogP contribution is 2.23. The number of phenolic OH excluding ortho intramolecular Hbond substituents is 1. The van der Waals surface area contributed by atoms with Gasteiger partial charge in [-0.15, -0.1) is 0 Å². The monoisotopic (exact) mass is 205 g/mol. The van der Waals surface area contributed by atoms with E-state index in [0.717, 1.165) is 36.2 Å². The number of unbranched alkanes of at least 4 members (excludes halogenated alkanes) is 1. The van der Waals surface area contributed by atoms with Crippen molar-refractivity contribution in [1.82, 2.24) is 4.98 Å². The number of ether oxygens (including phenoxy) is 1. The lowest BCUT2D eigenvalue weighted by atomic mass is 10.2. The Balaban J connectivity index is 2.16. The second-order valence-corrected chi connectivity index (χ2v) is 3.61. The van der Waals surface area contributed by atoms with E-state index in [1.807, 2.05) is 12.1 Å². The van der Waals surface area contributed by atoms with Gasteiger partial charge in [0.25, 0.3) is 0 Å². The summed E-state index contributed by atoms with van der Waals surface area (Å²) in [5, 5.41) is 10.3. The van der Waals surface area contributed by atoms with E-state index in [1.165, 1.54) is 0 Å². The minimum atomic E-state index is 0.268. The van der Waals surface area contributed by atoms with Crippen LogP contribution in [0.25, 0.3) is 10.9 Å². The van der Waals surface area contributed by atoms with Crippen molar-refractivity contribution in [3.8, 4) is 11.6 Å². The van der Waals surface area contributed by atoms with Crippen LogP contribution in [0.15, 0.2) is 24.3 Å². The maximum absolute atomic E-state index is 9.29. The molecule has 15 heavy (non-hydrogen) atoms. The summed E-state index contributed by atoms with van der Waals surface area (Å²) in [7, 11) is 0. The lowest BCUT2D eigenvalue weighted by molar-refractivity contribution is 0.300. The summed E-state index contributed by atoms with van der Waals surface area (Å²) >= 11 is 0. The van der Waals surface area contributed by atoms with E-state index < -0.39 is 0 Å². The van der Waals surface area contributed by atoms with Crippen LogP contribution in [0, 0.1) is 0 Å². The van der Waals surface area contributed by atoms with Gasteiger partial charge in [-0.05, 0) is 18.6 Å². The average molecular weight is 205 g/mol. The maximum atomic E-state index is 9.29. The number of aromatic amines is 1. The van der Waals surface area contributed by atoms with Gasteiger partial charge in [-0.3, -0.25) is 0 Å². The van der Waals surface area contributed by atoms with E-state index in [9.17, 15) is 5.11 Å². The van der Waals surface area contributed by atoms with Gasteiger partial charge in [0.2, 0.25) is 0 Å². The average Bonchev–Trinajstić information content (AvgIpc) is 2.60. The molecule has 1 aromatic heterocycles. The fraction of sp³-hybridized carbons (Fsp3) is 0.333. The molecule has 0 saturated carbocycles. The van der Waals surface area contributed by atoms with Crippen LogP contribution in [0.5, 0.6) is 11.6 Å². The number of nitrogens with one attached hydrogen (secondary N) is 1. The molecule has 0 spiro atoms. The number of fused-ring (bicyclic) bond motifs is 1. The number of aromatic nitrogens is 1. The van der Waals surface area contributed by atoms with Crippen LogP contribution < -0.4 is 4.74 Å². The normalized spacial score (nSPS) is 10.7. The number of hydrogen-bond acceptors (Lipinski definition) is 2. The molecule has 0 fully saturated rings. The SMILES string of the molecule is CCCCOc1cc2ccc(O)cc2[nH]1. The Bertz CT molecular complexity index is 448. The lowest BCUT2D eigenvalue weighted by Gasteiger charge is -2.00. The number of H-pyrrole nitrogens is 1. The first-order valence-electron chi connectivity index (χ1n) is 5.24. The Morgan fingerprint density at radius 2 is 2.20 bits per heavy atom. The first-order valence-corrected chi connectivity index (χ1v) is 5.24. The summed E-state index contributed by atoms with van der Waals surface area (Å²) in [6.45, 7) is 2.86. The third-order valence-corrected chi connectivity index (χ3v) is 2.34. The van der Waals surface area contributed by atoms with Gasteiger partial charge in [-0.2, -0.15) is 0 Å². The molecular weight excluding hydrogens is 190 g/mol. The van der Waals surface area contributed by atoms with Gasteiger partial charge < -0.3 is 14.8 Å². The number of benzene rings is 1. The van der Waals surface area contributed by atoms with Crippen molar-refractivity contribution in [2.75, 3.05) is 6.61 Å². The van der Waals surface area contributed by atoms with Crippen molar-refractivity contribution in [2.45, 2.75) is 19.8 Å². The largest absolute Gasteiger partial charge is 0.508 e. The quantitative estimate of drug-likeness (QED) is 0.753. The highest BCUT2D eigenvalue weighted by atomic mass is 16.5. The molecule has 1 aromatic carbocycles. The minimum absolute atomic E-state index is 0.268. The molecule has 0 aliphatic rings. The molecule has 1 heterocycles. The Morgan fingerprint density at radius 1 is 1.33 bits per heavy atom. The zero-order chi connectivity index (χ0) is 10.7. The van der Waals surface area contributed by atoms with Crippen LogP contribution in [0.1, 0.15) is 19.8 Å². The molecule has 0 amide bonds. The van der Waals surface area contributed by atoms with Gasteiger partial charge in [-0.1, -0.05) is 13.3 Å². The fourth-order valence-electron chi connectivity index (χ4n) is 1.49. The molecule has 0 saturated heterocycles. The third kappa shape index (κ3) is 2.24. The number of hydrogen-bond donors (Lipinski definition) is 2. The number of aromatic hydroxyl groups is 1. The second kappa shape index (κ2) is 4.26. The van der Waals surface area contributed by atoms with Crippen LogP contribution >= 0.6 is 0 Å². The number of rotatable bonds is 4. The van der Waals surface area contributed by atoms with Crippen molar-refractivity contribution in [1.29, 1.82) is 0 Å². The molecule has 2 N–H and O–H groups in total. The molecule has 3 heteroatoms. The molecule has 0 bridgehead atoms. The van der Waals surface area contributed by atoms with Crippen molar-refractivity contribution in [3.05, 3.63) is 24.3 Å². The molecule has 0 aliphatic carbocycles. The second-order valence-electron chi connectivity index (χ2n) is 3.61. The molecular formula is C12H15NO2. The third-order valence-electron chi connectivity index (χ3n) is 2.34. The summed E-state index contributed by atoms with van der Waals surface area (Å²) in [5.74, 6) is 1.04. The van der Waals surface area contributed by atoms with Crippen molar-refractivity contribution in [2.24, 2.45) is 0 Å². The van der Waals surface area contributed by atoms with Gasteiger partial charge >= 0.3 is 0 Å². The van der Waals surface area contributed by atoms with E-state index >= 15 is 0 Å².